The van der Waals surface area contributed by atoms with E-state index in [4.69, 9.17) is 9.47 Å². The summed E-state index contributed by atoms with van der Waals surface area (Å²) in [5.41, 5.74) is 2.51. The lowest BCUT2D eigenvalue weighted by molar-refractivity contribution is 0.271. The first-order valence-electron chi connectivity index (χ1n) is 11.2. The zero-order valence-corrected chi connectivity index (χ0v) is 19.0. The molecule has 3 aromatic carbocycles. The van der Waals surface area contributed by atoms with Gasteiger partial charge in [0.1, 0.15) is 17.2 Å². The van der Waals surface area contributed by atoms with E-state index in [2.05, 4.69) is 75.9 Å². The van der Waals surface area contributed by atoms with Crippen LogP contribution in [0.2, 0.25) is 0 Å². The van der Waals surface area contributed by atoms with Crippen LogP contribution in [-0.2, 0) is 11.8 Å². The van der Waals surface area contributed by atoms with E-state index in [1.165, 1.54) is 11.1 Å². The van der Waals surface area contributed by atoms with Gasteiger partial charge in [-0.3, -0.25) is 0 Å². The van der Waals surface area contributed by atoms with Crippen molar-refractivity contribution in [3.63, 3.8) is 0 Å². The molecule has 1 unspecified atom stereocenters. The summed E-state index contributed by atoms with van der Waals surface area (Å²) in [7, 11) is 0. The summed E-state index contributed by atoms with van der Waals surface area (Å²) in [5.74, 6) is 3.20. The second kappa shape index (κ2) is 10.9. The molecule has 0 saturated carbocycles. The van der Waals surface area contributed by atoms with Crippen LogP contribution in [0.5, 0.6) is 17.2 Å². The Hall–Kier alpha value is -3.00. The van der Waals surface area contributed by atoms with Crippen molar-refractivity contribution in [2.45, 2.75) is 45.4 Å². The number of ether oxygens (including phenoxy) is 2. The molecular formula is C29H34O2. The van der Waals surface area contributed by atoms with Gasteiger partial charge in [-0.05, 0) is 72.7 Å². The number of rotatable bonds is 11. The zero-order valence-electron chi connectivity index (χ0n) is 19.0. The summed E-state index contributed by atoms with van der Waals surface area (Å²) in [4.78, 5) is 0. The van der Waals surface area contributed by atoms with Gasteiger partial charge in [-0.1, -0.05) is 69.3 Å². The lowest BCUT2D eigenvalue weighted by Gasteiger charge is -2.27. The van der Waals surface area contributed by atoms with Crippen LogP contribution in [0.3, 0.4) is 0 Å². The molecule has 0 saturated heterocycles. The Labute approximate surface area is 187 Å². The van der Waals surface area contributed by atoms with Gasteiger partial charge in [-0.15, -0.1) is 6.58 Å². The Kier molecular flexibility index (Phi) is 7.94. The van der Waals surface area contributed by atoms with Crippen molar-refractivity contribution in [3.05, 3.63) is 103 Å². The summed E-state index contributed by atoms with van der Waals surface area (Å²) >= 11 is 0. The minimum Gasteiger partial charge on any atom is -0.493 e. The number of hydrogen-bond acceptors (Lipinski definition) is 2. The van der Waals surface area contributed by atoms with Gasteiger partial charge in [0.15, 0.2) is 0 Å². The number of aryl methyl sites for hydroxylation is 1. The third-order valence-electron chi connectivity index (χ3n) is 5.59. The van der Waals surface area contributed by atoms with E-state index in [0.717, 1.165) is 43.1 Å². The van der Waals surface area contributed by atoms with E-state index >= 15 is 0 Å². The standard InChI is InChI=1S/C29H34O2/c1-5-29(4,25-16-18-26(19-17-25)30-22-23(2)3)20-10-12-24-11-9-15-28(21-24)31-27-13-7-6-8-14-27/h5-9,11,13-19,21,23H,1,10,12,20,22H2,2-4H3. The fraction of sp³-hybridized carbons (Fsp3) is 0.310. The lowest BCUT2D eigenvalue weighted by Crippen LogP contribution is -2.19. The minimum atomic E-state index is -0.0608. The molecule has 0 spiro atoms. The Morgan fingerprint density at radius 1 is 0.871 bits per heavy atom. The maximum Gasteiger partial charge on any atom is 0.127 e. The van der Waals surface area contributed by atoms with Gasteiger partial charge in [0.05, 0.1) is 6.61 Å². The molecule has 0 radical (unpaired) electrons. The molecule has 0 amide bonds. The molecule has 31 heavy (non-hydrogen) atoms. The summed E-state index contributed by atoms with van der Waals surface area (Å²) in [6, 6.07) is 26.8. The van der Waals surface area contributed by atoms with Crippen molar-refractivity contribution in [1.82, 2.24) is 0 Å². The van der Waals surface area contributed by atoms with Crippen LogP contribution in [0, 0.1) is 5.92 Å². The maximum atomic E-state index is 5.97. The van der Waals surface area contributed by atoms with E-state index in [0.29, 0.717) is 5.92 Å². The summed E-state index contributed by atoms with van der Waals surface area (Å²) in [6.45, 7) is 11.4. The van der Waals surface area contributed by atoms with Crippen LogP contribution in [0.1, 0.15) is 44.7 Å². The molecule has 2 nitrogen and oxygen atoms in total. The first kappa shape index (κ1) is 22.7. The van der Waals surface area contributed by atoms with E-state index < -0.39 is 0 Å². The quantitative estimate of drug-likeness (QED) is 0.296. The summed E-state index contributed by atoms with van der Waals surface area (Å²) in [6.07, 6.45) is 5.19. The maximum absolute atomic E-state index is 5.97. The van der Waals surface area contributed by atoms with E-state index in [1.54, 1.807) is 0 Å². The summed E-state index contributed by atoms with van der Waals surface area (Å²) in [5, 5.41) is 0. The minimum absolute atomic E-state index is 0.0608. The van der Waals surface area contributed by atoms with Crippen molar-refractivity contribution >= 4 is 0 Å². The fourth-order valence-electron chi connectivity index (χ4n) is 3.61. The monoisotopic (exact) mass is 414 g/mol. The third-order valence-corrected chi connectivity index (χ3v) is 5.59. The van der Waals surface area contributed by atoms with Gasteiger partial charge < -0.3 is 9.47 Å². The molecule has 1 atom stereocenters. The largest absolute Gasteiger partial charge is 0.493 e. The van der Waals surface area contributed by atoms with Crippen molar-refractivity contribution < 1.29 is 9.47 Å². The van der Waals surface area contributed by atoms with Crippen LogP contribution in [0.15, 0.2) is 91.5 Å². The molecule has 2 heteroatoms. The highest BCUT2D eigenvalue weighted by Crippen LogP contribution is 2.32. The molecule has 0 fully saturated rings. The Bertz CT molecular complexity index is 944. The van der Waals surface area contributed by atoms with Gasteiger partial charge in [0.2, 0.25) is 0 Å². The number of hydrogen-bond donors (Lipinski definition) is 0. The number of allylic oxidation sites excluding steroid dienone is 1. The van der Waals surface area contributed by atoms with Crippen molar-refractivity contribution in [2.75, 3.05) is 6.61 Å². The predicted octanol–water partition coefficient (Wildman–Crippen LogP) is 7.98. The molecule has 0 aromatic heterocycles. The van der Waals surface area contributed by atoms with Gasteiger partial charge in [0.25, 0.3) is 0 Å². The highest BCUT2D eigenvalue weighted by atomic mass is 16.5. The summed E-state index contributed by atoms with van der Waals surface area (Å²) < 4.78 is 11.8. The average molecular weight is 415 g/mol. The predicted molar refractivity (Wildman–Crippen MR) is 130 cm³/mol. The zero-order chi connectivity index (χ0) is 22.1. The average Bonchev–Trinajstić information content (AvgIpc) is 2.79. The molecular weight excluding hydrogens is 380 g/mol. The molecule has 0 aliphatic rings. The second-order valence-electron chi connectivity index (χ2n) is 8.77. The molecule has 162 valence electrons. The Morgan fingerprint density at radius 2 is 1.58 bits per heavy atom. The van der Waals surface area contributed by atoms with Crippen molar-refractivity contribution in [1.29, 1.82) is 0 Å². The smallest absolute Gasteiger partial charge is 0.127 e. The number of para-hydroxylation sites is 1. The Morgan fingerprint density at radius 3 is 2.26 bits per heavy atom. The molecule has 0 aliphatic heterocycles. The van der Waals surface area contributed by atoms with Crippen LogP contribution in [0.25, 0.3) is 0 Å². The molecule has 3 aromatic rings. The van der Waals surface area contributed by atoms with E-state index in [9.17, 15) is 0 Å². The van der Waals surface area contributed by atoms with Crippen LogP contribution in [-0.4, -0.2) is 6.61 Å². The highest BCUT2D eigenvalue weighted by molar-refractivity contribution is 5.36. The Balaban J connectivity index is 1.58. The van der Waals surface area contributed by atoms with Crippen LogP contribution >= 0.6 is 0 Å². The topological polar surface area (TPSA) is 18.5 Å². The van der Waals surface area contributed by atoms with Crippen molar-refractivity contribution in [3.8, 4) is 17.2 Å². The number of benzene rings is 3. The van der Waals surface area contributed by atoms with E-state index in [1.807, 2.05) is 36.4 Å². The van der Waals surface area contributed by atoms with Gasteiger partial charge in [-0.25, -0.2) is 0 Å². The highest BCUT2D eigenvalue weighted by Gasteiger charge is 2.22. The first-order valence-corrected chi connectivity index (χ1v) is 11.2. The van der Waals surface area contributed by atoms with Gasteiger partial charge >= 0.3 is 0 Å². The normalized spacial score (nSPS) is 12.9. The molecule has 0 heterocycles. The van der Waals surface area contributed by atoms with Crippen LogP contribution in [0.4, 0.5) is 0 Å². The lowest BCUT2D eigenvalue weighted by atomic mass is 9.78. The second-order valence-corrected chi connectivity index (χ2v) is 8.77. The molecule has 3 rings (SSSR count). The van der Waals surface area contributed by atoms with Crippen LogP contribution < -0.4 is 9.47 Å². The van der Waals surface area contributed by atoms with Gasteiger partial charge in [0, 0.05) is 5.41 Å². The third kappa shape index (κ3) is 6.75. The molecule has 0 bridgehead atoms. The molecule has 0 aliphatic carbocycles. The van der Waals surface area contributed by atoms with Gasteiger partial charge in [-0.2, -0.15) is 0 Å². The fourth-order valence-corrected chi connectivity index (χ4v) is 3.61. The SMILES string of the molecule is C=CC(C)(CCCc1cccc(Oc2ccccc2)c1)c1ccc(OCC(C)C)cc1. The van der Waals surface area contributed by atoms with E-state index in [-0.39, 0.29) is 5.41 Å². The first-order chi connectivity index (χ1) is 15.0. The van der Waals surface area contributed by atoms with Crippen molar-refractivity contribution in [2.24, 2.45) is 5.92 Å². The molecule has 0 N–H and O–H groups in total.